The van der Waals surface area contributed by atoms with E-state index in [1.165, 1.54) is 12.3 Å². The van der Waals surface area contributed by atoms with Crippen molar-refractivity contribution in [1.29, 1.82) is 0 Å². The number of carbonyl (C=O) groups is 1. The number of amides is 1. The van der Waals surface area contributed by atoms with Gasteiger partial charge >= 0.3 is 6.55 Å². The minimum atomic E-state index is -2.76. The summed E-state index contributed by atoms with van der Waals surface area (Å²) in [6.45, 7) is -2.98. The maximum atomic E-state index is 12.6. The number of aromatic nitrogens is 2. The van der Waals surface area contributed by atoms with Gasteiger partial charge in [0.25, 0.3) is 11.6 Å². The molecule has 0 saturated heterocycles. The topological polar surface area (TPSA) is 90.1 Å². The highest BCUT2D eigenvalue weighted by atomic mass is 35.5. The summed E-state index contributed by atoms with van der Waals surface area (Å²) in [6, 6.07) is 3.45. The molecular formula is C12H9ClF2N4O3. The highest BCUT2D eigenvalue weighted by Crippen LogP contribution is 2.24. The lowest BCUT2D eigenvalue weighted by atomic mass is 10.2. The zero-order valence-corrected chi connectivity index (χ0v) is 11.6. The summed E-state index contributed by atoms with van der Waals surface area (Å²) >= 11 is 5.70. The maximum absolute atomic E-state index is 12.6. The number of hydrogen-bond donors (Lipinski definition) is 1. The summed E-state index contributed by atoms with van der Waals surface area (Å²) in [6.07, 6.45) is 2.28. The van der Waals surface area contributed by atoms with Crippen molar-refractivity contribution in [2.45, 2.75) is 13.1 Å². The predicted octanol–water partition coefficient (Wildman–Crippen LogP) is 2.77. The average molecular weight is 331 g/mol. The maximum Gasteiger partial charge on any atom is 0.319 e. The van der Waals surface area contributed by atoms with E-state index in [1.807, 2.05) is 0 Å². The molecule has 22 heavy (non-hydrogen) atoms. The van der Waals surface area contributed by atoms with Gasteiger partial charge in [0.15, 0.2) is 0 Å². The number of nitrogens with one attached hydrogen (secondary N) is 1. The molecule has 7 nitrogen and oxygen atoms in total. The first-order chi connectivity index (χ1) is 10.4. The number of imidazole rings is 1. The smallest absolute Gasteiger partial charge is 0.319 e. The number of nitro benzene ring substituents is 1. The third-order valence-corrected chi connectivity index (χ3v) is 3.08. The van der Waals surface area contributed by atoms with Gasteiger partial charge in [-0.1, -0.05) is 11.6 Å². The Morgan fingerprint density at radius 3 is 2.82 bits per heavy atom. The Balaban J connectivity index is 2.08. The third kappa shape index (κ3) is 3.37. The molecule has 2 rings (SSSR count). The van der Waals surface area contributed by atoms with Gasteiger partial charge in [-0.3, -0.25) is 19.5 Å². The van der Waals surface area contributed by atoms with E-state index >= 15 is 0 Å². The van der Waals surface area contributed by atoms with Crippen molar-refractivity contribution in [2.75, 3.05) is 0 Å². The van der Waals surface area contributed by atoms with Crippen LogP contribution in [0.1, 0.15) is 22.7 Å². The summed E-state index contributed by atoms with van der Waals surface area (Å²) in [4.78, 5) is 25.5. The number of nitrogens with zero attached hydrogens (tertiary/aromatic N) is 3. The van der Waals surface area contributed by atoms with Crippen LogP contribution < -0.4 is 5.32 Å². The van der Waals surface area contributed by atoms with E-state index in [0.29, 0.717) is 4.57 Å². The highest BCUT2D eigenvalue weighted by molar-refractivity contribution is 6.33. The summed E-state index contributed by atoms with van der Waals surface area (Å²) in [5, 5.41) is 12.8. The molecule has 1 N–H and O–H groups in total. The second kappa shape index (κ2) is 6.48. The van der Waals surface area contributed by atoms with Crippen LogP contribution in [0.3, 0.4) is 0 Å². The van der Waals surface area contributed by atoms with Crippen LogP contribution in [0.5, 0.6) is 0 Å². The van der Waals surface area contributed by atoms with E-state index in [0.717, 1.165) is 18.3 Å². The van der Waals surface area contributed by atoms with Gasteiger partial charge < -0.3 is 5.32 Å². The van der Waals surface area contributed by atoms with Crippen molar-refractivity contribution < 1.29 is 18.5 Å². The molecule has 1 heterocycles. The average Bonchev–Trinajstić information content (AvgIpc) is 2.92. The molecule has 0 bridgehead atoms. The van der Waals surface area contributed by atoms with Crippen molar-refractivity contribution in [3.05, 3.63) is 57.1 Å². The van der Waals surface area contributed by atoms with Gasteiger partial charge in [0, 0.05) is 24.0 Å². The molecule has 0 saturated carbocycles. The standard InChI is InChI=1S/C12H9ClF2N4O3/c13-8-5-7(1-2-9(8)19(21)22)11(20)17-6-10-16-3-4-18(10)12(14)15/h1-5,12H,6H2,(H,17,20). The molecule has 0 radical (unpaired) electrons. The monoisotopic (exact) mass is 330 g/mol. The Morgan fingerprint density at radius 1 is 1.50 bits per heavy atom. The van der Waals surface area contributed by atoms with Crippen LogP contribution in [0, 0.1) is 10.1 Å². The summed E-state index contributed by atoms with van der Waals surface area (Å²) < 4.78 is 25.8. The van der Waals surface area contributed by atoms with Gasteiger partial charge in [-0.2, -0.15) is 8.78 Å². The normalized spacial score (nSPS) is 10.7. The lowest BCUT2D eigenvalue weighted by molar-refractivity contribution is -0.384. The quantitative estimate of drug-likeness (QED) is 0.674. The van der Waals surface area contributed by atoms with E-state index < -0.39 is 17.4 Å². The Kier molecular flexibility index (Phi) is 4.66. The van der Waals surface area contributed by atoms with E-state index in [9.17, 15) is 23.7 Å². The van der Waals surface area contributed by atoms with Crippen molar-refractivity contribution in [3.8, 4) is 0 Å². The molecule has 2 aromatic rings. The van der Waals surface area contributed by atoms with Crippen LogP contribution in [-0.4, -0.2) is 20.4 Å². The highest BCUT2D eigenvalue weighted by Gasteiger charge is 2.16. The van der Waals surface area contributed by atoms with Crippen LogP contribution in [0.4, 0.5) is 14.5 Å². The van der Waals surface area contributed by atoms with Crippen LogP contribution in [0.2, 0.25) is 5.02 Å². The second-order valence-electron chi connectivity index (χ2n) is 4.13. The molecule has 0 aliphatic carbocycles. The van der Waals surface area contributed by atoms with Gasteiger partial charge in [0.05, 0.1) is 11.5 Å². The van der Waals surface area contributed by atoms with Crippen LogP contribution in [-0.2, 0) is 6.54 Å². The van der Waals surface area contributed by atoms with Gasteiger partial charge in [-0.25, -0.2) is 4.98 Å². The van der Waals surface area contributed by atoms with E-state index in [1.54, 1.807) is 0 Å². The van der Waals surface area contributed by atoms with E-state index in [2.05, 4.69) is 10.3 Å². The minimum Gasteiger partial charge on any atom is -0.345 e. The molecule has 10 heteroatoms. The molecular weight excluding hydrogens is 322 g/mol. The molecule has 1 amide bonds. The molecule has 0 aliphatic heterocycles. The van der Waals surface area contributed by atoms with Gasteiger partial charge in [-0.15, -0.1) is 0 Å². The van der Waals surface area contributed by atoms with Gasteiger partial charge in [0.1, 0.15) is 10.8 Å². The first kappa shape index (κ1) is 15.8. The predicted molar refractivity (Wildman–Crippen MR) is 72.8 cm³/mol. The number of benzene rings is 1. The Morgan fingerprint density at radius 2 is 2.23 bits per heavy atom. The van der Waals surface area contributed by atoms with E-state index in [4.69, 9.17) is 11.6 Å². The van der Waals surface area contributed by atoms with Crippen LogP contribution >= 0.6 is 11.6 Å². The second-order valence-corrected chi connectivity index (χ2v) is 4.54. The van der Waals surface area contributed by atoms with Gasteiger partial charge in [-0.05, 0) is 12.1 Å². The molecule has 0 aliphatic rings. The lowest BCUT2D eigenvalue weighted by Gasteiger charge is -2.08. The third-order valence-electron chi connectivity index (χ3n) is 2.77. The van der Waals surface area contributed by atoms with Crippen molar-refractivity contribution in [3.63, 3.8) is 0 Å². The van der Waals surface area contributed by atoms with Crippen molar-refractivity contribution >= 4 is 23.2 Å². The van der Waals surface area contributed by atoms with Crippen molar-refractivity contribution in [1.82, 2.24) is 14.9 Å². The molecule has 116 valence electrons. The zero-order valence-electron chi connectivity index (χ0n) is 10.9. The number of hydrogen-bond acceptors (Lipinski definition) is 4. The van der Waals surface area contributed by atoms with Gasteiger partial charge in [0.2, 0.25) is 0 Å². The molecule has 1 aromatic carbocycles. The van der Waals surface area contributed by atoms with Crippen LogP contribution in [0.25, 0.3) is 0 Å². The molecule has 0 spiro atoms. The summed E-state index contributed by atoms with van der Waals surface area (Å²) in [5.41, 5.74) is -0.253. The SMILES string of the molecule is O=C(NCc1nccn1C(F)F)c1ccc([N+](=O)[O-])c(Cl)c1. The lowest BCUT2D eigenvalue weighted by Crippen LogP contribution is -2.24. The number of carbonyl (C=O) groups excluding carboxylic acids is 1. The van der Waals surface area contributed by atoms with E-state index in [-0.39, 0.29) is 28.6 Å². The number of nitro groups is 1. The molecule has 0 fully saturated rings. The first-order valence-corrected chi connectivity index (χ1v) is 6.30. The number of rotatable bonds is 5. The summed E-state index contributed by atoms with van der Waals surface area (Å²) in [7, 11) is 0. The Bertz CT molecular complexity index is 720. The fourth-order valence-corrected chi connectivity index (χ4v) is 1.97. The number of halogens is 3. The number of alkyl halides is 2. The van der Waals surface area contributed by atoms with Crippen LogP contribution in [0.15, 0.2) is 30.6 Å². The molecule has 0 unspecified atom stereocenters. The van der Waals surface area contributed by atoms with Crippen molar-refractivity contribution in [2.24, 2.45) is 0 Å². The zero-order chi connectivity index (χ0) is 16.3. The largest absolute Gasteiger partial charge is 0.345 e. The minimum absolute atomic E-state index is 0.0173. The Hall–Kier alpha value is -2.55. The fraction of sp³-hybridized carbons (Fsp3) is 0.167. The Labute approximate surface area is 127 Å². The molecule has 1 aromatic heterocycles. The fourth-order valence-electron chi connectivity index (χ4n) is 1.72. The summed E-state index contributed by atoms with van der Waals surface area (Å²) in [5.74, 6) is -0.628. The first-order valence-electron chi connectivity index (χ1n) is 5.92. The molecule has 0 atom stereocenters.